The Morgan fingerprint density at radius 1 is 1.41 bits per heavy atom. The summed E-state index contributed by atoms with van der Waals surface area (Å²) < 4.78 is 62.3. The zero-order chi connectivity index (χ0) is 13.2. The minimum atomic E-state index is -4.89. The normalized spacial score (nSPS) is 11.9. The van der Waals surface area contributed by atoms with Crippen LogP contribution in [0.3, 0.4) is 0 Å². The van der Waals surface area contributed by atoms with E-state index in [4.69, 9.17) is 5.11 Å². The first-order valence-corrected chi connectivity index (χ1v) is 4.28. The van der Waals surface area contributed by atoms with Gasteiger partial charge in [0.15, 0.2) is 0 Å². The predicted octanol–water partition coefficient (Wildman–Crippen LogP) is 2.67. The van der Waals surface area contributed by atoms with Crippen LogP contribution in [0.25, 0.3) is 0 Å². The Hall–Kier alpha value is -1.73. The second-order valence-electron chi connectivity index (χ2n) is 3.09. The van der Waals surface area contributed by atoms with E-state index in [9.17, 15) is 26.7 Å². The highest BCUT2D eigenvalue weighted by Gasteiger charge is 2.36. The maximum absolute atomic E-state index is 12.5. The number of carbonyl (C=O) groups is 1. The van der Waals surface area contributed by atoms with Crippen molar-refractivity contribution in [1.82, 2.24) is 4.98 Å². The molecule has 0 amide bonds. The lowest BCUT2D eigenvalue weighted by atomic mass is 10.0. The zero-order valence-electron chi connectivity index (χ0n) is 8.13. The fourth-order valence-electron chi connectivity index (χ4n) is 1.30. The van der Waals surface area contributed by atoms with E-state index in [1.807, 2.05) is 0 Å². The topological polar surface area (TPSA) is 50.2 Å². The molecule has 3 nitrogen and oxygen atoms in total. The molecule has 1 aromatic heterocycles. The van der Waals surface area contributed by atoms with E-state index in [0.29, 0.717) is 12.3 Å². The Morgan fingerprint density at radius 3 is 2.41 bits per heavy atom. The number of halogens is 5. The van der Waals surface area contributed by atoms with Crippen molar-refractivity contribution >= 4 is 5.97 Å². The summed E-state index contributed by atoms with van der Waals surface area (Å²) >= 11 is 0. The summed E-state index contributed by atoms with van der Waals surface area (Å²) in [5.41, 5.74) is -3.55. The summed E-state index contributed by atoms with van der Waals surface area (Å²) in [7, 11) is 0. The summed E-state index contributed by atoms with van der Waals surface area (Å²) in [6.45, 7) is 0. The molecule has 1 N–H and O–H groups in total. The largest absolute Gasteiger partial charge is 0.481 e. The molecule has 8 heteroatoms. The summed E-state index contributed by atoms with van der Waals surface area (Å²) in [6.07, 6.45) is -8.72. The minimum absolute atomic E-state index is 0.476. The van der Waals surface area contributed by atoms with Crippen LogP contribution in [-0.4, -0.2) is 16.1 Å². The number of alkyl halides is 5. The molecule has 0 radical (unpaired) electrons. The van der Waals surface area contributed by atoms with Gasteiger partial charge in [-0.05, 0) is 6.07 Å². The van der Waals surface area contributed by atoms with Crippen LogP contribution >= 0.6 is 0 Å². The lowest BCUT2D eigenvalue weighted by Crippen LogP contribution is -2.15. The lowest BCUT2D eigenvalue weighted by molar-refractivity contribution is -0.139. The van der Waals surface area contributed by atoms with Gasteiger partial charge in [0.05, 0.1) is 12.0 Å². The Labute approximate surface area is 91.9 Å². The van der Waals surface area contributed by atoms with Crippen molar-refractivity contribution in [3.05, 3.63) is 29.1 Å². The summed E-state index contributed by atoms with van der Waals surface area (Å²) in [5.74, 6) is -1.63. The Bertz CT molecular complexity index is 430. The molecule has 0 fully saturated rings. The van der Waals surface area contributed by atoms with Gasteiger partial charge in [-0.25, -0.2) is 8.78 Å². The fourth-order valence-corrected chi connectivity index (χ4v) is 1.30. The highest BCUT2D eigenvalue weighted by Crippen LogP contribution is 2.35. The highest BCUT2D eigenvalue weighted by atomic mass is 19.4. The van der Waals surface area contributed by atoms with Crippen LogP contribution in [0, 0.1) is 0 Å². The molecule has 1 aromatic rings. The minimum Gasteiger partial charge on any atom is -0.481 e. The quantitative estimate of drug-likeness (QED) is 0.845. The van der Waals surface area contributed by atoms with Gasteiger partial charge in [-0.3, -0.25) is 9.78 Å². The van der Waals surface area contributed by atoms with Gasteiger partial charge >= 0.3 is 12.1 Å². The molecular formula is C9H6F5NO2. The summed E-state index contributed by atoms with van der Waals surface area (Å²) in [6, 6.07) is 0.476. The number of pyridine rings is 1. The molecule has 0 aliphatic carbocycles. The van der Waals surface area contributed by atoms with E-state index in [1.54, 1.807) is 0 Å². The predicted molar refractivity (Wildman–Crippen MR) is 45.5 cm³/mol. The number of aliphatic carboxylic acids is 1. The van der Waals surface area contributed by atoms with Crippen molar-refractivity contribution in [2.24, 2.45) is 0 Å². The van der Waals surface area contributed by atoms with Crippen molar-refractivity contribution in [3.63, 3.8) is 0 Å². The van der Waals surface area contributed by atoms with E-state index < -0.39 is 41.8 Å². The van der Waals surface area contributed by atoms with Gasteiger partial charge in [0.25, 0.3) is 6.43 Å². The van der Waals surface area contributed by atoms with Gasteiger partial charge in [-0.15, -0.1) is 0 Å². The average molecular weight is 255 g/mol. The van der Waals surface area contributed by atoms with Crippen LogP contribution in [0.15, 0.2) is 12.3 Å². The van der Waals surface area contributed by atoms with E-state index in [1.165, 1.54) is 0 Å². The molecule has 1 heterocycles. The smallest absolute Gasteiger partial charge is 0.416 e. The average Bonchev–Trinajstić information content (AvgIpc) is 2.14. The molecule has 17 heavy (non-hydrogen) atoms. The first-order valence-electron chi connectivity index (χ1n) is 4.28. The number of nitrogens with zero attached hydrogens (tertiary/aromatic N) is 1. The van der Waals surface area contributed by atoms with Crippen LogP contribution in [-0.2, 0) is 17.4 Å². The van der Waals surface area contributed by atoms with Crippen molar-refractivity contribution in [1.29, 1.82) is 0 Å². The van der Waals surface area contributed by atoms with E-state index >= 15 is 0 Å². The number of rotatable bonds is 3. The number of hydrogen-bond acceptors (Lipinski definition) is 2. The summed E-state index contributed by atoms with van der Waals surface area (Å²) in [5, 5.41) is 8.42. The molecule has 1 rings (SSSR count). The number of carboxylic acid groups (broad SMARTS) is 1. The maximum Gasteiger partial charge on any atom is 0.416 e. The Morgan fingerprint density at radius 2 is 2.00 bits per heavy atom. The van der Waals surface area contributed by atoms with Gasteiger partial charge in [0.1, 0.15) is 5.69 Å². The fraction of sp³-hybridized carbons (Fsp3) is 0.333. The molecule has 0 aliphatic rings. The van der Waals surface area contributed by atoms with Crippen LogP contribution < -0.4 is 0 Å². The molecule has 0 spiro atoms. The van der Waals surface area contributed by atoms with Gasteiger partial charge in [-0.2, -0.15) is 13.2 Å². The monoisotopic (exact) mass is 255 g/mol. The standard InChI is InChI=1S/C9H6F5NO2/c10-8(11)7-4(3-6(16)17)5(1-2-15-7)9(12,13)14/h1-2,8H,3H2,(H,16,17). The Balaban J connectivity index is 3.39. The maximum atomic E-state index is 12.5. The molecule has 0 unspecified atom stereocenters. The lowest BCUT2D eigenvalue weighted by Gasteiger charge is -2.14. The van der Waals surface area contributed by atoms with Gasteiger partial charge in [0, 0.05) is 11.8 Å². The molecular weight excluding hydrogens is 249 g/mol. The molecule has 94 valence electrons. The van der Waals surface area contributed by atoms with Crippen LogP contribution in [0.2, 0.25) is 0 Å². The number of hydrogen-bond donors (Lipinski definition) is 1. The molecule has 0 aliphatic heterocycles. The van der Waals surface area contributed by atoms with Gasteiger partial charge in [0.2, 0.25) is 0 Å². The van der Waals surface area contributed by atoms with Crippen molar-refractivity contribution in [2.45, 2.75) is 19.0 Å². The van der Waals surface area contributed by atoms with E-state index in [-0.39, 0.29) is 0 Å². The SMILES string of the molecule is O=C(O)Cc1c(C(F)(F)F)ccnc1C(F)F. The van der Waals surface area contributed by atoms with E-state index in [2.05, 4.69) is 4.98 Å². The number of aromatic nitrogens is 1. The summed E-state index contributed by atoms with van der Waals surface area (Å²) in [4.78, 5) is 13.5. The molecule has 0 bridgehead atoms. The van der Waals surface area contributed by atoms with Crippen LogP contribution in [0.5, 0.6) is 0 Å². The first kappa shape index (κ1) is 13.3. The molecule has 0 aromatic carbocycles. The molecule has 0 saturated heterocycles. The number of carboxylic acids is 1. The van der Waals surface area contributed by atoms with Crippen molar-refractivity contribution in [2.75, 3.05) is 0 Å². The third kappa shape index (κ3) is 3.11. The first-order chi connectivity index (χ1) is 7.73. The van der Waals surface area contributed by atoms with Crippen molar-refractivity contribution < 1.29 is 31.9 Å². The highest BCUT2D eigenvalue weighted by molar-refractivity contribution is 5.71. The van der Waals surface area contributed by atoms with Crippen molar-refractivity contribution in [3.8, 4) is 0 Å². The molecule has 0 saturated carbocycles. The third-order valence-electron chi connectivity index (χ3n) is 1.93. The molecule has 0 atom stereocenters. The second-order valence-corrected chi connectivity index (χ2v) is 3.09. The second kappa shape index (κ2) is 4.64. The Kier molecular flexibility index (Phi) is 3.64. The third-order valence-corrected chi connectivity index (χ3v) is 1.93. The van der Waals surface area contributed by atoms with Gasteiger partial charge < -0.3 is 5.11 Å². The van der Waals surface area contributed by atoms with Crippen LogP contribution in [0.1, 0.15) is 23.2 Å². The van der Waals surface area contributed by atoms with Gasteiger partial charge in [-0.1, -0.05) is 0 Å². The van der Waals surface area contributed by atoms with Crippen LogP contribution in [0.4, 0.5) is 22.0 Å². The zero-order valence-corrected chi connectivity index (χ0v) is 8.13. The van der Waals surface area contributed by atoms with E-state index in [0.717, 1.165) is 0 Å².